The maximum atomic E-state index is 12.9. The molecule has 0 amide bonds. The second-order valence-electron chi connectivity index (χ2n) is 10.8. The molecule has 3 atom stereocenters. The Labute approximate surface area is 228 Å². The molecule has 4 aliphatic rings. The van der Waals surface area contributed by atoms with Gasteiger partial charge in [0.05, 0.1) is 11.5 Å². The van der Waals surface area contributed by atoms with Gasteiger partial charge in [0, 0.05) is 18.3 Å². The first-order valence-corrected chi connectivity index (χ1v) is 13.7. The first-order chi connectivity index (χ1) is 18.7. The second-order valence-corrected chi connectivity index (χ2v) is 10.8. The maximum Gasteiger partial charge on any atom is 0.348 e. The van der Waals surface area contributed by atoms with E-state index < -0.39 is 35.4 Å². The van der Waals surface area contributed by atoms with Crippen molar-refractivity contribution in [1.29, 1.82) is 0 Å². The van der Waals surface area contributed by atoms with Crippen LogP contribution in [-0.4, -0.2) is 29.5 Å². The summed E-state index contributed by atoms with van der Waals surface area (Å²) in [7, 11) is 0. The number of rotatable bonds is 4. The standard InChI is InChI=1S/C31H34O8/c1-20-10-6-8-18-30(20)36-26(32)24(27(33)37-30)16-14-23(22-12-4-3-5-13-22)15-17-25-28(34)38-31(39-29(25)35)19-9-7-11-21(31)2/h3-5,12-17,20-21,32H,6-11,18-19H2,1-2H3/p-1. The van der Waals surface area contributed by atoms with Crippen LogP contribution in [0.25, 0.3) is 5.57 Å². The summed E-state index contributed by atoms with van der Waals surface area (Å²) >= 11 is 0. The molecule has 2 heterocycles. The summed E-state index contributed by atoms with van der Waals surface area (Å²) in [5, 5.41) is 12.9. The summed E-state index contributed by atoms with van der Waals surface area (Å²) in [5.74, 6) is -5.49. The number of allylic oxidation sites excluding steroid dienone is 4. The molecule has 2 aliphatic heterocycles. The van der Waals surface area contributed by atoms with Crippen LogP contribution in [0, 0.1) is 11.8 Å². The van der Waals surface area contributed by atoms with Crippen molar-refractivity contribution < 1.29 is 38.4 Å². The van der Waals surface area contributed by atoms with Crippen LogP contribution < -0.4 is 5.11 Å². The first kappa shape index (κ1) is 26.8. The number of carbonyl (C=O) groups is 3. The Kier molecular flexibility index (Phi) is 7.38. The normalized spacial score (nSPS) is 31.7. The van der Waals surface area contributed by atoms with E-state index in [9.17, 15) is 19.5 Å². The monoisotopic (exact) mass is 533 g/mol. The Bertz CT molecular complexity index is 1250. The molecule has 3 fully saturated rings. The average molecular weight is 534 g/mol. The van der Waals surface area contributed by atoms with Crippen molar-refractivity contribution in [3.05, 3.63) is 77.3 Å². The molecule has 2 saturated carbocycles. The van der Waals surface area contributed by atoms with E-state index in [2.05, 4.69) is 0 Å². The number of hydrogen-bond donors (Lipinski definition) is 0. The fraction of sp³-hybridized carbons (Fsp3) is 0.452. The number of ether oxygens (including phenoxy) is 4. The molecule has 2 spiro atoms. The van der Waals surface area contributed by atoms with Gasteiger partial charge in [-0.1, -0.05) is 69.2 Å². The molecule has 3 unspecified atom stereocenters. The van der Waals surface area contributed by atoms with Gasteiger partial charge in [-0.15, -0.1) is 0 Å². The zero-order valence-corrected chi connectivity index (χ0v) is 22.3. The van der Waals surface area contributed by atoms with Crippen LogP contribution in [-0.2, 0) is 33.3 Å². The van der Waals surface area contributed by atoms with Gasteiger partial charge < -0.3 is 24.1 Å². The zero-order valence-electron chi connectivity index (χ0n) is 22.3. The van der Waals surface area contributed by atoms with E-state index in [1.54, 1.807) is 12.2 Å². The van der Waals surface area contributed by atoms with Crippen molar-refractivity contribution in [2.75, 3.05) is 0 Å². The van der Waals surface area contributed by atoms with Crippen LogP contribution >= 0.6 is 0 Å². The van der Waals surface area contributed by atoms with Crippen molar-refractivity contribution in [1.82, 2.24) is 0 Å². The van der Waals surface area contributed by atoms with Gasteiger partial charge in [-0.3, -0.25) is 0 Å². The zero-order chi connectivity index (χ0) is 27.6. The Morgan fingerprint density at radius 2 is 1.38 bits per heavy atom. The molecule has 8 nitrogen and oxygen atoms in total. The van der Waals surface area contributed by atoms with E-state index in [0.29, 0.717) is 18.4 Å². The molecule has 0 radical (unpaired) electrons. The van der Waals surface area contributed by atoms with E-state index in [-0.39, 0.29) is 23.0 Å². The molecule has 206 valence electrons. The molecule has 0 N–H and O–H groups in total. The molecule has 1 aromatic carbocycles. The highest BCUT2D eigenvalue weighted by atomic mass is 16.8. The molecule has 5 rings (SSSR count). The molecule has 1 aromatic rings. The van der Waals surface area contributed by atoms with Crippen molar-refractivity contribution in [3.63, 3.8) is 0 Å². The summed E-state index contributed by atoms with van der Waals surface area (Å²) in [6, 6.07) is 9.15. The lowest BCUT2D eigenvalue weighted by atomic mass is 9.84. The Hall–Kier alpha value is -3.81. The summed E-state index contributed by atoms with van der Waals surface area (Å²) < 4.78 is 22.7. The molecule has 0 bridgehead atoms. The van der Waals surface area contributed by atoms with Crippen LogP contribution in [0.1, 0.15) is 70.8 Å². The van der Waals surface area contributed by atoms with Crippen molar-refractivity contribution in [3.8, 4) is 0 Å². The minimum Gasteiger partial charge on any atom is -0.574 e. The van der Waals surface area contributed by atoms with Gasteiger partial charge in [-0.25, -0.2) is 14.4 Å². The molecule has 1 saturated heterocycles. The highest BCUT2D eigenvalue weighted by Crippen LogP contribution is 2.43. The quantitative estimate of drug-likeness (QED) is 0.239. The molecule has 2 aliphatic carbocycles. The lowest BCUT2D eigenvalue weighted by Gasteiger charge is -2.50. The third-order valence-corrected chi connectivity index (χ3v) is 8.23. The van der Waals surface area contributed by atoms with E-state index in [1.165, 1.54) is 12.2 Å². The van der Waals surface area contributed by atoms with E-state index in [1.807, 2.05) is 44.2 Å². The van der Waals surface area contributed by atoms with Crippen LogP contribution in [0.3, 0.4) is 0 Å². The minimum absolute atomic E-state index is 0.0816. The van der Waals surface area contributed by atoms with E-state index in [0.717, 1.165) is 44.1 Å². The lowest BCUT2D eigenvalue weighted by molar-refractivity contribution is -0.407. The molecular weight excluding hydrogens is 500 g/mol. The Morgan fingerprint density at radius 1 is 0.821 bits per heavy atom. The lowest BCUT2D eigenvalue weighted by Crippen LogP contribution is -2.52. The fourth-order valence-corrected chi connectivity index (χ4v) is 5.74. The van der Waals surface area contributed by atoms with Gasteiger partial charge in [0.25, 0.3) is 5.79 Å². The minimum atomic E-state index is -1.21. The summed E-state index contributed by atoms with van der Waals surface area (Å²) in [6.07, 6.45) is 12.0. The van der Waals surface area contributed by atoms with Gasteiger partial charge in [-0.2, -0.15) is 0 Å². The highest BCUT2D eigenvalue weighted by Gasteiger charge is 2.50. The molecular formula is C31H33O8-. The van der Waals surface area contributed by atoms with Crippen molar-refractivity contribution in [2.45, 2.75) is 76.8 Å². The Morgan fingerprint density at radius 3 is 1.95 bits per heavy atom. The maximum absolute atomic E-state index is 12.9. The molecule has 39 heavy (non-hydrogen) atoms. The average Bonchev–Trinajstić information content (AvgIpc) is 2.90. The van der Waals surface area contributed by atoms with Gasteiger partial charge in [-0.05, 0) is 55.4 Å². The fourth-order valence-electron chi connectivity index (χ4n) is 5.74. The number of hydrogen-bond acceptors (Lipinski definition) is 8. The third-order valence-electron chi connectivity index (χ3n) is 8.23. The SMILES string of the molecule is CC1CCCCC12OC(=O)C(=CC=C(C=CC1=C([O-])OC3(CCCCC3C)OC1=O)c1ccccc1)C(=O)O2. The second kappa shape index (κ2) is 10.8. The number of benzene rings is 1. The van der Waals surface area contributed by atoms with E-state index in [4.69, 9.17) is 18.9 Å². The predicted molar refractivity (Wildman–Crippen MR) is 139 cm³/mol. The number of esters is 3. The number of carbonyl (C=O) groups excluding carboxylic acids is 3. The highest BCUT2D eigenvalue weighted by molar-refractivity contribution is 6.15. The Balaban J connectivity index is 1.42. The largest absolute Gasteiger partial charge is 0.574 e. The van der Waals surface area contributed by atoms with E-state index >= 15 is 0 Å². The topological polar surface area (TPSA) is 111 Å². The van der Waals surface area contributed by atoms with Crippen LogP contribution in [0.15, 0.2) is 71.7 Å². The van der Waals surface area contributed by atoms with Crippen molar-refractivity contribution >= 4 is 23.5 Å². The van der Waals surface area contributed by atoms with Crippen LogP contribution in [0.2, 0.25) is 0 Å². The molecule has 8 heteroatoms. The smallest absolute Gasteiger partial charge is 0.348 e. The third kappa shape index (κ3) is 5.24. The predicted octanol–water partition coefficient (Wildman–Crippen LogP) is 4.61. The van der Waals surface area contributed by atoms with Gasteiger partial charge in [0.2, 0.25) is 0 Å². The van der Waals surface area contributed by atoms with Gasteiger partial charge in [0.15, 0.2) is 5.79 Å². The summed E-state index contributed by atoms with van der Waals surface area (Å²) in [5.41, 5.74) is 0.820. The van der Waals surface area contributed by atoms with Gasteiger partial charge in [0.1, 0.15) is 5.57 Å². The van der Waals surface area contributed by atoms with Crippen LogP contribution in [0.4, 0.5) is 0 Å². The van der Waals surface area contributed by atoms with Gasteiger partial charge >= 0.3 is 17.9 Å². The van der Waals surface area contributed by atoms with Crippen molar-refractivity contribution in [2.24, 2.45) is 11.8 Å². The summed E-state index contributed by atoms with van der Waals surface area (Å²) in [6.45, 7) is 3.84. The first-order valence-electron chi connectivity index (χ1n) is 13.7. The van der Waals surface area contributed by atoms with Crippen LogP contribution in [0.5, 0.6) is 0 Å². The summed E-state index contributed by atoms with van der Waals surface area (Å²) in [4.78, 5) is 38.6. The molecule has 0 aromatic heterocycles.